The van der Waals surface area contributed by atoms with Crippen LogP contribution < -0.4 is 5.32 Å². The molecule has 1 aromatic heterocycles. The van der Waals surface area contributed by atoms with Crippen molar-refractivity contribution < 1.29 is 0 Å². The summed E-state index contributed by atoms with van der Waals surface area (Å²) in [6, 6.07) is 4.72. The van der Waals surface area contributed by atoms with Gasteiger partial charge in [-0.1, -0.05) is 6.42 Å². The largest absolute Gasteiger partial charge is 0.310 e. The molecule has 1 aliphatic rings. The molecule has 18 heavy (non-hydrogen) atoms. The highest BCUT2D eigenvalue weighted by Crippen LogP contribution is 2.11. The third-order valence-electron chi connectivity index (χ3n) is 3.55. The number of aromatic nitrogens is 1. The molecule has 1 aromatic rings. The first kappa shape index (κ1) is 14.0. The predicted octanol–water partition coefficient (Wildman–Crippen LogP) is 2.81. The summed E-state index contributed by atoms with van der Waals surface area (Å²) >= 11 is 3.40. The van der Waals surface area contributed by atoms with Crippen LogP contribution in [0.25, 0.3) is 0 Å². The number of hydrogen-bond donors (Lipinski definition) is 1. The van der Waals surface area contributed by atoms with Gasteiger partial charge in [0.25, 0.3) is 0 Å². The molecule has 1 unspecified atom stereocenters. The van der Waals surface area contributed by atoms with E-state index >= 15 is 0 Å². The summed E-state index contributed by atoms with van der Waals surface area (Å²) in [4.78, 5) is 6.95. The predicted molar refractivity (Wildman–Crippen MR) is 78.5 cm³/mol. The maximum Gasteiger partial charge on any atom is 0.0542 e. The van der Waals surface area contributed by atoms with Crippen LogP contribution in [0.5, 0.6) is 0 Å². The molecule has 1 aliphatic heterocycles. The van der Waals surface area contributed by atoms with Crippen molar-refractivity contribution in [3.63, 3.8) is 0 Å². The van der Waals surface area contributed by atoms with Crippen molar-refractivity contribution in [3.05, 3.63) is 28.5 Å². The molecular weight excluding hydrogens is 290 g/mol. The fourth-order valence-electron chi connectivity index (χ4n) is 2.41. The molecule has 4 heteroatoms. The Hall–Kier alpha value is -0.450. The van der Waals surface area contributed by atoms with Crippen molar-refractivity contribution in [2.45, 2.75) is 38.8 Å². The molecule has 1 atom stereocenters. The first-order valence-corrected chi connectivity index (χ1v) is 7.60. The van der Waals surface area contributed by atoms with Crippen LogP contribution in [0.15, 0.2) is 22.8 Å². The lowest BCUT2D eigenvalue weighted by atomic mass is 10.1. The first-order valence-electron chi connectivity index (χ1n) is 6.81. The maximum atomic E-state index is 4.36. The highest BCUT2D eigenvalue weighted by molar-refractivity contribution is 9.10. The van der Waals surface area contributed by atoms with Gasteiger partial charge in [-0.25, -0.2) is 0 Å². The highest BCUT2D eigenvalue weighted by atomic mass is 79.9. The summed E-state index contributed by atoms with van der Waals surface area (Å²) < 4.78 is 1.04. The van der Waals surface area contributed by atoms with Crippen LogP contribution in [-0.4, -0.2) is 35.6 Å². The van der Waals surface area contributed by atoms with Crippen molar-refractivity contribution in [1.82, 2.24) is 15.2 Å². The van der Waals surface area contributed by atoms with E-state index in [1.807, 2.05) is 12.3 Å². The monoisotopic (exact) mass is 311 g/mol. The Labute approximate surface area is 118 Å². The van der Waals surface area contributed by atoms with Gasteiger partial charge < -0.3 is 5.32 Å². The van der Waals surface area contributed by atoms with E-state index in [-0.39, 0.29) is 0 Å². The van der Waals surface area contributed by atoms with Gasteiger partial charge in [-0.3, -0.25) is 9.88 Å². The van der Waals surface area contributed by atoms with E-state index in [1.54, 1.807) is 0 Å². The van der Waals surface area contributed by atoms with E-state index in [1.165, 1.54) is 32.4 Å². The number of nitrogens with zero attached hydrogens (tertiary/aromatic N) is 2. The molecule has 2 heterocycles. The zero-order valence-corrected chi connectivity index (χ0v) is 12.6. The van der Waals surface area contributed by atoms with Gasteiger partial charge in [0.15, 0.2) is 0 Å². The van der Waals surface area contributed by atoms with E-state index in [9.17, 15) is 0 Å². The van der Waals surface area contributed by atoms with Crippen LogP contribution in [-0.2, 0) is 6.54 Å². The number of pyridine rings is 1. The Bertz CT molecular complexity index is 347. The second-order valence-electron chi connectivity index (χ2n) is 5.04. The first-order chi connectivity index (χ1) is 8.75. The SMILES string of the molecule is CC(CNCc1ccc(Br)cn1)N1CCCCC1. The zero-order valence-electron chi connectivity index (χ0n) is 11.0. The maximum absolute atomic E-state index is 4.36. The molecule has 0 aliphatic carbocycles. The second-order valence-corrected chi connectivity index (χ2v) is 5.96. The lowest BCUT2D eigenvalue weighted by molar-refractivity contribution is 0.170. The molecule has 3 nitrogen and oxygen atoms in total. The van der Waals surface area contributed by atoms with Crippen molar-refractivity contribution >= 4 is 15.9 Å². The number of piperidine rings is 1. The Kier molecular flexibility index (Phi) is 5.60. The molecule has 0 bridgehead atoms. The quantitative estimate of drug-likeness (QED) is 0.906. The fourth-order valence-corrected chi connectivity index (χ4v) is 2.64. The molecule has 0 spiro atoms. The van der Waals surface area contributed by atoms with Crippen molar-refractivity contribution in [2.24, 2.45) is 0 Å². The number of likely N-dealkylation sites (tertiary alicyclic amines) is 1. The summed E-state index contributed by atoms with van der Waals surface area (Å²) in [5.74, 6) is 0. The van der Waals surface area contributed by atoms with Crippen molar-refractivity contribution in [3.8, 4) is 0 Å². The van der Waals surface area contributed by atoms with Gasteiger partial charge in [0.05, 0.1) is 5.69 Å². The summed E-state index contributed by atoms with van der Waals surface area (Å²) in [6.07, 6.45) is 5.97. The molecule has 0 radical (unpaired) electrons. The van der Waals surface area contributed by atoms with Crippen LogP contribution in [0.2, 0.25) is 0 Å². The van der Waals surface area contributed by atoms with E-state index < -0.39 is 0 Å². The number of rotatable bonds is 5. The summed E-state index contributed by atoms with van der Waals surface area (Å²) in [5, 5.41) is 3.50. The van der Waals surface area contributed by atoms with Gasteiger partial charge in [-0.15, -0.1) is 0 Å². The molecule has 100 valence electrons. The van der Waals surface area contributed by atoms with Crippen molar-refractivity contribution in [2.75, 3.05) is 19.6 Å². The number of halogens is 1. The highest BCUT2D eigenvalue weighted by Gasteiger charge is 2.15. The van der Waals surface area contributed by atoms with Gasteiger partial charge in [-0.2, -0.15) is 0 Å². The van der Waals surface area contributed by atoms with Gasteiger partial charge >= 0.3 is 0 Å². The fraction of sp³-hybridized carbons (Fsp3) is 0.643. The zero-order chi connectivity index (χ0) is 12.8. The van der Waals surface area contributed by atoms with Gasteiger partial charge in [0, 0.05) is 29.8 Å². The van der Waals surface area contributed by atoms with Gasteiger partial charge in [0.1, 0.15) is 0 Å². The third kappa shape index (κ3) is 4.34. The van der Waals surface area contributed by atoms with Crippen LogP contribution in [0, 0.1) is 0 Å². The molecule has 0 aromatic carbocycles. The average Bonchev–Trinajstić information content (AvgIpc) is 2.42. The molecule has 1 fully saturated rings. The van der Waals surface area contributed by atoms with Crippen LogP contribution in [0.4, 0.5) is 0 Å². The van der Waals surface area contributed by atoms with E-state index in [0.29, 0.717) is 6.04 Å². The molecule has 1 saturated heterocycles. The molecule has 0 saturated carbocycles. The van der Waals surface area contributed by atoms with Crippen LogP contribution >= 0.6 is 15.9 Å². The van der Waals surface area contributed by atoms with E-state index in [0.717, 1.165) is 23.3 Å². The Morgan fingerprint density at radius 2 is 2.11 bits per heavy atom. The Morgan fingerprint density at radius 3 is 2.78 bits per heavy atom. The topological polar surface area (TPSA) is 28.2 Å². The minimum absolute atomic E-state index is 0.626. The summed E-state index contributed by atoms with van der Waals surface area (Å²) in [5.41, 5.74) is 1.10. The molecular formula is C14H22BrN3. The summed E-state index contributed by atoms with van der Waals surface area (Å²) in [7, 11) is 0. The Morgan fingerprint density at radius 1 is 1.33 bits per heavy atom. The van der Waals surface area contributed by atoms with Gasteiger partial charge in [-0.05, 0) is 60.9 Å². The van der Waals surface area contributed by atoms with Crippen LogP contribution in [0.3, 0.4) is 0 Å². The minimum Gasteiger partial charge on any atom is -0.310 e. The van der Waals surface area contributed by atoms with E-state index in [2.05, 4.69) is 44.1 Å². The van der Waals surface area contributed by atoms with Crippen molar-refractivity contribution in [1.29, 1.82) is 0 Å². The molecule has 1 N–H and O–H groups in total. The minimum atomic E-state index is 0.626. The second kappa shape index (κ2) is 7.22. The van der Waals surface area contributed by atoms with Crippen LogP contribution in [0.1, 0.15) is 31.9 Å². The average molecular weight is 312 g/mol. The smallest absolute Gasteiger partial charge is 0.0542 e. The third-order valence-corrected chi connectivity index (χ3v) is 4.02. The number of nitrogens with one attached hydrogen (secondary N) is 1. The molecule has 0 amide bonds. The van der Waals surface area contributed by atoms with Gasteiger partial charge in [0.2, 0.25) is 0 Å². The lowest BCUT2D eigenvalue weighted by Gasteiger charge is -2.32. The van der Waals surface area contributed by atoms with E-state index in [4.69, 9.17) is 0 Å². The summed E-state index contributed by atoms with van der Waals surface area (Å²) in [6.45, 7) is 6.73. The Balaban J connectivity index is 1.69. The lowest BCUT2D eigenvalue weighted by Crippen LogP contribution is -2.43. The normalized spacial score (nSPS) is 18.8. The number of hydrogen-bond acceptors (Lipinski definition) is 3. The standard InChI is InChI=1S/C14H22BrN3/c1-12(18-7-3-2-4-8-18)9-16-11-14-6-5-13(15)10-17-14/h5-6,10,12,16H,2-4,7-9,11H2,1H3. The molecule has 2 rings (SSSR count).